The van der Waals surface area contributed by atoms with Gasteiger partial charge < -0.3 is 9.73 Å². The topological polar surface area (TPSA) is 130 Å². The Balaban J connectivity index is 1.51. The van der Waals surface area contributed by atoms with Crippen LogP contribution in [0.4, 0.5) is 5.69 Å². The van der Waals surface area contributed by atoms with Crippen LogP contribution in [0.25, 0.3) is 0 Å². The summed E-state index contributed by atoms with van der Waals surface area (Å²) in [6.07, 6.45) is 1.19. The van der Waals surface area contributed by atoms with Crippen LogP contribution in [0.3, 0.4) is 0 Å². The molecule has 0 unspecified atom stereocenters. The monoisotopic (exact) mass is 582 g/mol. The highest BCUT2D eigenvalue weighted by atomic mass is 79.9. The van der Waals surface area contributed by atoms with Crippen LogP contribution in [0.2, 0.25) is 0 Å². The lowest BCUT2D eigenvalue weighted by Crippen LogP contribution is -2.32. The number of benzene rings is 2. The number of para-hydroxylation sites is 1. The zero-order chi connectivity index (χ0) is 23.1. The highest BCUT2D eigenvalue weighted by molar-refractivity contribution is 9.10. The third-order valence-electron chi connectivity index (χ3n) is 3.93. The van der Waals surface area contributed by atoms with Crippen LogP contribution in [0.5, 0.6) is 0 Å². The summed E-state index contributed by atoms with van der Waals surface area (Å²) in [7, 11) is -3.70. The summed E-state index contributed by atoms with van der Waals surface area (Å²) < 4.78 is 33.9. The minimum atomic E-state index is -3.70. The number of sulfonamides is 1. The average molecular weight is 584 g/mol. The molecule has 0 aliphatic rings. The largest absolute Gasteiger partial charge is 0.459 e. The van der Waals surface area contributed by atoms with Gasteiger partial charge in [0.2, 0.25) is 10.0 Å². The van der Waals surface area contributed by atoms with Crippen LogP contribution in [0.1, 0.15) is 11.5 Å². The summed E-state index contributed by atoms with van der Waals surface area (Å²) in [5.41, 5.74) is 2.53. The summed E-state index contributed by atoms with van der Waals surface area (Å²) in [5.74, 6) is -1.26. The van der Waals surface area contributed by atoms with Crippen LogP contribution in [0, 0.1) is 0 Å². The maximum atomic E-state index is 12.3. The first-order chi connectivity index (χ1) is 15.2. The van der Waals surface area contributed by atoms with Gasteiger partial charge in [0, 0.05) is 8.95 Å². The summed E-state index contributed by atoms with van der Waals surface area (Å²) in [6, 6.07) is 16.1. The maximum absolute atomic E-state index is 12.3. The van der Waals surface area contributed by atoms with Crippen LogP contribution < -0.4 is 15.5 Å². The molecule has 0 aliphatic heterocycles. The van der Waals surface area contributed by atoms with Crippen LogP contribution in [-0.4, -0.2) is 26.4 Å². The lowest BCUT2D eigenvalue weighted by Gasteiger charge is -2.05. The van der Waals surface area contributed by atoms with E-state index >= 15 is 0 Å². The molecular formula is C20H16Br2N4O5S. The van der Waals surface area contributed by atoms with E-state index in [2.05, 4.69) is 52.4 Å². The number of anilines is 1. The molecule has 32 heavy (non-hydrogen) atoms. The molecule has 0 radical (unpaired) electrons. The number of carbonyl (C=O) groups excluding carboxylic acids is 2. The Morgan fingerprint density at radius 1 is 0.969 bits per heavy atom. The minimum Gasteiger partial charge on any atom is -0.459 e. The van der Waals surface area contributed by atoms with Crippen LogP contribution in [-0.2, 0) is 26.2 Å². The quantitative estimate of drug-likeness (QED) is 0.223. The maximum Gasteiger partial charge on any atom is 0.329 e. The number of nitrogens with one attached hydrogen (secondary N) is 3. The van der Waals surface area contributed by atoms with E-state index in [1.165, 1.54) is 18.3 Å². The number of carbonyl (C=O) groups is 2. The highest BCUT2D eigenvalue weighted by Gasteiger charge is 2.15. The van der Waals surface area contributed by atoms with Gasteiger partial charge >= 0.3 is 11.8 Å². The van der Waals surface area contributed by atoms with Crippen LogP contribution >= 0.6 is 31.9 Å². The standard InChI is InChI=1S/C20H16Br2N4O5S/c21-13-5-9-16(10-6-13)32(29,30)24-12-15-8-7-14(31-15)11-23-26-20(28)19(27)25-18-4-2-1-3-17(18)22/h1-11,24H,12H2,(H,25,27)(H,26,28)/b23-11+. The predicted octanol–water partition coefficient (Wildman–Crippen LogP) is 3.37. The molecule has 2 aromatic carbocycles. The van der Waals surface area contributed by atoms with Crippen molar-refractivity contribution in [3.63, 3.8) is 0 Å². The Hall–Kier alpha value is -2.80. The Labute approximate surface area is 200 Å². The third-order valence-corrected chi connectivity index (χ3v) is 6.57. The number of rotatable bonds is 7. The molecular weight excluding hydrogens is 568 g/mol. The molecule has 0 saturated heterocycles. The van der Waals surface area contributed by atoms with Gasteiger partial charge in [0.25, 0.3) is 0 Å². The molecule has 0 atom stereocenters. The van der Waals surface area contributed by atoms with Crippen molar-refractivity contribution in [1.82, 2.24) is 10.1 Å². The second-order valence-electron chi connectivity index (χ2n) is 6.22. The fourth-order valence-electron chi connectivity index (χ4n) is 2.37. The van der Waals surface area contributed by atoms with Gasteiger partial charge in [-0.15, -0.1) is 0 Å². The number of hydrazone groups is 1. The van der Waals surface area contributed by atoms with Crippen molar-refractivity contribution in [3.05, 3.63) is 81.1 Å². The fraction of sp³-hybridized carbons (Fsp3) is 0.0500. The molecule has 1 heterocycles. The van der Waals surface area contributed by atoms with Gasteiger partial charge in [-0.25, -0.2) is 18.6 Å². The summed E-state index contributed by atoms with van der Waals surface area (Å²) in [5, 5.41) is 6.12. The molecule has 0 saturated carbocycles. The number of halogens is 2. The molecule has 12 heteroatoms. The van der Waals surface area contributed by atoms with Crippen molar-refractivity contribution in [3.8, 4) is 0 Å². The second kappa shape index (κ2) is 10.7. The van der Waals surface area contributed by atoms with Crippen molar-refractivity contribution in [2.24, 2.45) is 5.10 Å². The van der Waals surface area contributed by atoms with Gasteiger partial charge in [-0.3, -0.25) is 9.59 Å². The Morgan fingerprint density at radius 3 is 2.41 bits per heavy atom. The third kappa shape index (κ3) is 6.60. The van der Waals surface area contributed by atoms with Gasteiger partial charge in [0.1, 0.15) is 11.5 Å². The number of furan rings is 1. The Bertz CT molecular complexity index is 1260. The molecule has 1 aromatic heterocycles. The van der Waals surface area contributed by atoms with E-state index in [0.29, 0.717) is 15.9 Å². The van der Waals surface area contributed by atoms with Crippen molar-refractivity contribution < 1.29 is 22.4 Å². The Morgan fingerprint density at radius 2 is 1.69 bits per heavy atom. The molecule has 2 amide bonds. The normalized spacial score (nSPS) is 11.4. The van der Waals surface area contributed by atoms with E-state index in [4.69, 9.17) is 4.42 Å². The SMILES string of the molecule is O=C(N/N=C/c1ccc(CNS(=O)(=O)c2ccc(Br)cc2)o1)C(=O)Nc1ccccc1Br. The number of nitrogens with zero attached hydrogens (tertiary/aromatic N) is 1. The molecule has 166 valence electrons. The first kappa shape index (κ1) is 23.9. The predicted molar refractivity (Wildman–Crippen MR) is 125 cm³/mol. The molecule has 0 spiro atoms. The van der Waals surface area contributed by atoms with E-state index in [-0.39, 0.29) is 17.2 Å². The first-order valence-corrected chi connectivity index (χ1v) is 12.0. The van der Waals surface area contributed by atoms with E-state index in [9.17, 15) is 18.0 Å². The molecule has 3 aromatic rings. The second-order valence-corrected chi connectivity index (χ2v) is 9.75. The molecule has 0 fully saturated rings. The summed E-state index contributed by atoms with van der Waals surface area (Å²) in [4.78, 5) is 23.9. The number of hydrogen-bond donors (Lipinski definition) is 3. The molecule has 3 N–H and O–H groups in total. The van der Waals surface area contributed by atoms with Gasteiger partial charge in [-0.05, 0) is 64.5 Å². The molecule has 3 rings (SSSR count). The van der Waals surface area contributed by atoms with Gasteiger partial charge in [0.05, 0.1) is 23.3 Å². The lowest BCUT2D eigenvalue weighted by molar-refractivity contribution is -0.136. The number of hydrogen-bond acceptors (Lipinski definition) is 6. The van der Waals surface area contributed by atoms with Gasteiger partial charge in [0.15, 0.2) is 0 Å². The molecule has 9 nitrogen and oxygen atoms in total. The van der Waals surface area contributed by atoms with Gasteiger partial charge in [-0.2, -0.15) is 5.10 Å². The van der Waals surface area contributed by atoms with E-state index < -0.39 is 21.8 Å². The zero-order valence-corrected chi connectivity index (χ0v) is 20.2. The zero-order valence-electron chi connectivity index (χ0n) is 16.2. The first-order valence-electron chi connectivity index (χ1n) is 8.97. The molecule has 0 bridgehead atoms. The van der Waals surface area contributed by atoms with E-state index in [1.54, 1.807) is 48.5 Å². The highest BCUT2D eigenvalue weighted by Crippen LogP contribution is 2.21. The average Bonchev–Trinajstić information content (AvgIpc) is 3.22. The fourth-order valence-corrected chi connectivity index (χ4v) is 4.01. The summed E-state index contributed by atoms with van der Waals surface area (Å²) >= 11 is 6.52. The van der Waals surface area contributed by atoms with Crippen LogP contribution in [0.15, 0.2) is 84.0 Å². The van der Waals surface area contributed by atoms with Crippen molar-refractivity contribution in [2.45, 2.75) is 11.4 Å². The molecule has 0 aliphatic carbocycles. The minimum absolute atomic E-state index is 0.0764. The van der Waals surface area contributed by atoms with Crippen molar-refractivity contribution in [2.75, 3.05) is 5.32 Å². The van der Waals surface area contributed by atoms with Crippen molar-refractivity contribution in [1.29, 1.82) is 0 Å². The Kier molecular flexibility index (Phi) is 7.96. The van der Waals surface area contributed by atoms with Crippen molar-refractivity contribution >= 4 is 65.6 Å². The summed E-state index contributed by atoms with van der Waals surface area (Å²) in [6.45, 7) is -0.0764. The van der Waals surface area contributed by atoms with E-state index in [0.717, 1.165) is 4.47 Å². The van der Waals surface area contributed by atoms with Gasteiger partial charge in [-0.1, -0.05) is 28.1 Å². The van der Waals surface area contributed by atoms with E-state index in [1.807, 2.05) is 0 Å². The lowest BCUT2D eigenvalue weighted by atomic mass is 10.3. The smallest absolute Gasteiger partial charge is 0.329 e. The number of amides is 2.